The van der Waals surface area contributed by atoms with E-state index in [2.05, 4.69) is 20.7 Å². The molecule has 0 aliphatic carbocycles. The first-order chi connectivity index (χ1) is 6.83. The molecule has 1 aromatic carbocycles. The molecule has 0 fully saturated rings. The summed E-state index contributed by atoms with van der Waals surface area (Å²) in [6.07, 6.45) is -4.76. The lowest BCUT2D eigenvalue weighted by Gasteiger charge is -2.13. The first-order valence-corrected chi connectivity index (χ1v) is 4.51. The number of hydrogen-bond donors (Lipinski definition) is 1. The van der Waals surface area contributed by atoms with Crippen LogP contribution in [0.25, 0.3) is 0 Å². The Hall–Kier alpha value is -1.11. The van der Waals surface area contributed by atoms with Crippen molar-refractivity contribution in [1.82, 2.24) is 0 Å². The molecule has 0 amide bonds. The van der Waals surface area contributed by atoms with E-state index in [0.29, 0.717) is 0 Å². The van der Waals surface area contributed by atoms with Gasteiger partial charge in [-0.3, -0.25) is 0 Å². The van der Waals surface area contributed by atoms with E-state index < -0.39 is 12.1 Å². The summed E-state index contributed by atoms with van der Waals surface area (Å²) in [7, 11) is 1.32. The molecule has 0 aromatic heterocycles. The Labute approximate surface area is 92.1 Å². The van der Waals surface area contributed by atoms with E-state index in [-0.39, 0.29) is 15.9 Å². The fraction of sp³-hybridized carbons (Fsp3) is 0.250. The molecule has 0 spiro atoms. The van der Waals surface area contributed by atoms with Crippen LogP contribution in [0.1, 0.15) is 0 Å². The van der Waals surface area contributed by atoms with Gasteiger partial charge in [0.25, 0.3) is 0 Å². The van der Waals surface area contributed by atoms with Gasteiger partial charge in [0.1, 0.15) is 11.5 Å². The number of halogens is 4. The second kappa shape index (κ2) is 4.18. The van der Waals surface area contributed by atoms with Crippen molar-refractivity contribution < 1.29 is 22.6 Å². The van der Waals surface area contributed by atoms with Crippen molar-refractivity contribution in [3.63, 3.8) is 0 Å². The van der Waals surface area contributed by atoms with Crippen LogP contribution in [0.4, 0.5) is 18.9 Å². The second-order valence-electron chi connectivity index (χ2n) is 2.58. The van der Waals surface area contributed by atoms with Gasteiger partial charge in [0, 0.05) is 12.1 Å². The predicted octanol–water partition coefficient (Wildman–Crippen LogP) is 2.94. The molecule has 0 heterocycles. The Balaban J connectivity index is 3.11. The number of hydrogen-bond acceptors (Lipinski definition) is 3. The number of anilines is 1. The van der Waals surface area contributed by atoms with Crippen LogP contribution in [-0.2, 0) is 0 Å². The minimum absolute atomic E-state index is 0.0422. The molecule has 84 valence electrons. The van der Waals surface area contributed by atoms with Gasteiger partial charge in [-0.25, -0.2) is 0 Å². The number of benzene rings is 1. The number of nitrogen functional groups attached to an aromatic ring is 1. The molecule has 1 rings (SSSR count). The molecule has 0 radical (unpaired) electrons. The molecule has 0 aliphatic rings. The van der Waals surface area contributed by atoms with Crippen molar-refractivity contribution in [2.75, 3.05) is 12.8 Å². The Morgan fingerprint density at radius 1 is 1.33 bits per heavy atom. The predicted molar refractivity (Wildman–Crippen MR) is 51.8 cm³/mol. The molecule has 0 saturated heterocycles. The molecule has 0 atom stereocenters. The molecule has 1 aromatic rings. The number of nitrogens with two attached hydrogens (primary N) is 1. The van der Waals surface area contributed by atoms with Gasteiger partial charge in [-0.1, -0.05) is 0 Å². The van der Waals surface area contributed by atoms with Crippen molar-refractivity contribution >= 4 is 21.6 Å². The summed E-state index contributed by atoms with van der Waals surface area (Å²) in [5, 5.41) is 0. The molecule has 0 saturated carbocycles. The van der Waals surface area contributed by atoms with Gasteiger partial charge in [-0.2, -0.15) is 0 Å². The van der Waals surface area contributed by atoms with E-state index in [0.717, 1.165) is 6.07 Å². The zero-order chi connectivity index (χ0) is 11.6. The maximum Gasteiger partial charge on any atom is 0.573 e. The lowest BCUT2D eigenvalue weighted by Crippen LogP contribution is -2.17. The maximum atomic E-state index is 12.0. The summed E-state index contributed by atoms with van der Waals surface area (Å²) < 4.78 is 44.4. The monoisotopic (exact) mass is 285 g/mol. The van der Waals surface area contributed by atoms with Crippen LogP contribution in [0.3, 0.4) is 0 Å². The molecule has 15 heavy (non-hydrogen) atoms. The normalized spacial score (nSPS) is 11.3. The van der Waals surface area contributed by atoms with E-state index in [1.165, 1.54) is 13.2 Å². The van der Waals surface area contributed by atoms with Crippen LogP contribution >= 0.6 is 15.9 Å². The fourth-order valence-corrected chi connectivity index (χ4v) is 1.22. The minimum atomic E-state index is -4.76. The fourth-order valence-electron chi connectivity index (χ4n) is 0.910. The third kappa shape index (κ3) is 3.19. The van der Waals surface area contributed by atoms with Crippen molar-refractivity contribution in [3.05, 3.63) is 16.6 Å². The van der Waals surface area contributed by atoms with E-state index >= 15 is 0 Å². The summed E-state index contributed by atoms with van der Waals surface area (Å²) in [5.41, 5.74) is 5.55. The Kier molecular flexibility index (Phi) is 3.33. The summed E-state index contributed by atoms with van der Waals surface area (Å²) in [5.74, 6) is -0.241. The van der Waals surface area contributed by atoms with Gasteiger partial charge in [-0.05, 0) is 15.9 Å². The standard InChI is InChI=1S/C8H7BrF3NO2/c1-14-4-2-5(13)7(9)6(3-4)15-8(10,11)12/h2-3H,13H2,1H3. The van der Waals surface area contributed by atoms with Gasteiger partial charge in [0.2, 0.25) is 0 Å². The van der Waals surface area contributed by atoms with E-state index in [1.807, 2.05) is 0 Å². The van der Waals surface area contributed by atoms with Gasteiger partial charge >= 0.3 is 6.36 Å². The molecule has 2 N–H and O–H groups in total. The largest absolute Gasteiger partial charge is 0.573 e. The SMILES string of the molecule is COc1cc(N)c(Br)c(OC(F)(F)F)c1. The maximum absolute atomic E-state index is 12.0. The Morgan fingerprint density at radius 2 is 1.93 bits per heavy atom. The lowest BCUT2D eigenvalue weighted by molar-refractivity contribution is -0.274. The van der Waals surface area contributed by atoms with Crippen LogP contribution in [0.2, 0.25) is 0 Å². The van der Waals surface area contributed by atoms with Crippen LogP contribution in [0, 0.1) is 0 Å². The average molecular weight is 286 g/mol. The van der Waals surface area contributed by atoms with Crippen molar-refractivity contribution in [1.29, 1.82) is 0 Å². The first kappa shape index (κ1) is 12.0. The molecule has 7 heteroatoms. The molecule has 0 aliphatic heterocycles. The minimum Gasteiger partial charge on any atom is -0.497 e. The first-order valence-electron chi connectivity index (χ1n) is 3.72. The third-order valence-electron chi connectivity index (χ3n) is 1.50. The van der Waals surface area contributed by atoms with Gasteiger partial charge in [0.15, 0.2) is 0 Å². The van der Waals surface area contributed by atoms with E-state index in [4.69, 9.17) is 10.5 Å². The number of rotatable bonds is 2. The highest BCUT2D eigenvalue weighted by Gasteiger charge is 2.32. The number of methoxy groups -OCH3 is 1. The molecule has 3 nitrogen and oxygen atoms in total. The number of alkyl halides is 3. The highest BCUT2D eigenvalue weighted by Crippen LogP contribution is 2.37. The lowest BCUT2D eigenvalue weighted by atomic mass is 10.3. The van der Waals surface area contributed by atoms with Crippen molar-refractivity contribution in [2.45, 2.75) is 6.36 Å². The quantitative estimate of drug-likeness (QED) is 0.850. The average Bonchev–Trinajstić information content (AvgIpc) is 2.10. The molecule has 0 unspecified atom stereocenters. The van der Waals surface area contributed by atoms with Crippen LogP contribution < -0.4 is 15.2 Å². The summed E-state index contributed by atoms with van der Waals surface area (Å²) in [6.45, 7) is 0. The van der Waals surface area contributed by atoms with E-state index in [1.54, 1.807) is 0 Å². The Bertz CT molecular complexity index is 368. The van der Waals surface area contributed by atoms with Crippen LogP contribution in [-0.4, -0.2) is 13.5 Å². The van der Waals surface area contributed by atoms with E-state index in [9.17, 15) is 13.2 Å². The van der Waals surface area contributed by atoms with Gasteiger partial charge in [0.05, 0.1) is 17.3 Å². The molecule has 0 bridgehead atoms. The van der Waals surface area contributed by atoms with Gasteiger partial charge in [-0.15, -0.1) is 13.2 Å². The highest BCUT2D eigenvalue weighted by atomic mass is 79.9. The smallest absolute Gasteiger partial charge is 0.497 e. The highest BCUT2D eigenvalue weighted by molar-refractivity contribution is 9.10. The van der Waals surface area contributed by atoms with Crippen molar-refractivity contribution in [2.24, 2.45) is 0 Å². The molecular formula is C8H7BrF3NO2. The zero-order valence-electron chi connectivity index (χ0n) is 7.56. The third-order valence-corrected chi connectivity index (χ3v) is 2.35. The Morgan fingerprint density at radius 3 is 2.40 bits per heavy atom. The second-order valence-corrected chi connectivity index (χ2v) is 3.37. The van der Waals surface area contributed by atoms with Crippen LogP contribution in [0.5, 0.6) is 11.5 Å². The zero-order valence-corrected chi connectivity index (χ0v) is 9.15. The summed E-state index contributed by atoms with van der Waals surface area (Å²) in [4.78, 5) is 0. The van der Waals surface area contributed by atoms with Gasteiger partial charge < -0.3 is 15.2 Å². The topological polar surface area (TPSA) is 44.5 Å². The van der Waals surface area contributed by atoms with Crippen molar-refractivity contribution in [3.8, 4) is 11.5 Å². The van der Waals surface area contributed by atoms with Crippen LogP contribution in [0.15, 0.2) is 16.6 Å². The number of ether oxygens (including phenoxy) is 2. The summed E-state index contributed by atoms with van der Waals surface area (Å²) >= 11 is 2.89. The molecular weight excluding hydrogens is 279 g/mol. The summed E-state index contributed by atoms with van der Waals surface area (Å²) in [6, 6.07) is 2.47.